The number of aromatic carboxylic acids is 1. The molecule has 0 spiro atoms. The lowest BCUT2D eigenvalue weighted by atomic mass is 10.2. The van der Waals surface area contributed by atoms with Gasteiger partial charge in [0.2, 0.25) is 0 Å². The van der Waals surface area contributed by atoms with Crippen molar-refractivity contribution in [2.24, 2.45) is 4.99 Å². The molecule has 0 unspecified atom stereocenters. The molecule has 0 saturated heterocycles. The number of amides is 2. The number of hydrogen-bond donors (Lipinski definition) is 2. The van der Waals surface area contributed by atoms with Gasteiger partial charge in [-0.2, -0.15) is 4.99 Å². The molecule has 1 aromatic carbocycles. The molecule has 0 saturated carbocycles. The third-order valence-corrected chi connectivity index (χ3v) is 4.94. The van der Waals surface area contributed by atoms with E-state index in [1.807, 2.05) is 0 Å². The first-order valence-electron chi connectivity index (χ1n) is 9.75. The Bertz CT molecular complexity index is 1050. The second kappa shape index (κ2) is 10.8. The van der Waals surface area contributed by atoms with Crippen LogP contribution in [0.3, 0.4) is 0 Å². The van der Waals surface area contributed by atoms with Gasteiger partial charge in [-0.1, -0.05) is 0 Å². The van der Waals surface area contributed by atoms with Gasteiger partial charge in [-0.05, 0) is 39.3 Å². The number of hydrogen-bond acceptors (Lipinski definition) is 7. The summed E-state index contributed by atoms with van der Waals surface area (Å²) >= 11 is 1.04. The molecule has 0 aliphatic carbocycles. The predicted octanol–water partition coefficient (Wildman–Crippen LogP) is 2.92. The third-order valence-electron chi connectivity index (χ3n) is 4.08. The van der Waals surface area contributed by atoms with Crippen molar-refractivity contribution in [1.29, 1.82) is 0 Å². The number of carbonyl (C=O) groups excluding carboxylic acids is 2. The van der Waals surface area contributed by atoms with Crippen LogP contribution in [0.15, 0.2) is 28.6 Å². The van der Waals surface area contributed by atoms with Gasteiger partial charge < -0.3 is 29.2 Å². The van der Waals surface area contributed by atoms with Gasteiger partial charge in [-0.25, -0.2) is 9.59 Å². The van der Waals surface area contributed by atoms with E-state index >= 15 is 0 Å². The van der Waals surface area contributed by atoms with Crippen LogP contribution in [-0.2, 0) is 11.3 Å². The first-order valence-corrected chi connectivity index (χ1v) is 10.6. The van der Waals surface area contributed by atoms with Gasteiger partial charge in [-0.3, -0.25) is 4.79 Å². The van der Waals surface area contributed by atoms with E-state index in [-0.39, 0.29) is 29.1 Å². The highest BCUT2D eigenvalue weighted by Crippen LogP contribution is 2.25. The fourth-order valence-electron chi connectivity index (χ4n) is 2.67. The molecule has 1 aromatic heterocycles. The Kier molecular flexibility index (Phi) is 8.41. The number of nitrogens with zero attached hydrogens (tertiary/aromatic N) is 2. The minimum absolute atomic E-state index is 0.000476. The SMILES string of the molecule is COc1ccc(C(=O)N=c2scc(C(=O)O)n2CCCNC(=O)OC(C)(C)C)c(OC)c1. The topological polar surface area (TPSA) is 128 Å². The lowest BCUT2D eigenvalue weighted by Gasteiger charge is -2.19. The predicted molar refractivity (Wildman–Crippen MR) is 118 cm³/mol. The van der Waals surface area contributed by atoms with Crippen molar-refractivity contribution in [1.82, 2.24) is 9.88 Å². The lowest BCUT2D eigenvalue weighted by Crippen LogP contribution is -2.33. The van der Waals surface area contributed by atoms with Crippen LogP contribution < -0.4 is 19.6 Å². The minimum Gasteiger partial charge on any atom is -0.497 e. The summed E-state index contributed by atoms with van der Waals surface area (Å²) in [7, 11) is 2.93. The van der Waals surface area contributed by atoms with Crippen LogP contribution in [0.4, 0.5) is 4.79 Å². The number of nitrogens with one attached hydrogen (secondary N) is 1. The normalized spacial score (nSPS) is 11.7. The summed E-state index contributed by atoms with van der Waals surface area (Å²) in [6.07, 6.45) is -0.151. The molecule has 32 heavy (non-hydrogen) atoms. The van der Waals surface area contributed by atoms with E-state index in [0.29, 0.717) is 17.9 Å². The number of methoxy groups -OCH3 is 2. The highest BCUT2D eigenvalue weighted by molar-refractivity contribution is 7.07. The van der Waals surface area contributed by atoms with Crippen molar-refractivity contribution in [3.63, 3.8) is 0 Å². The van der Waals surface area contributed by atoms with Gasteiger partial charge in [0.1, 0.15) is 22.8 Å². The summed E-state index contributed by atoms with van der Waals surface area (Å²) in [5, 5.41) is 13.5. The number of thiazole rings is 1. The van der Waals surface area contributed by atoms with E-state index in [0.717, 1.165) is 11.3 Å². The molecule has 0 radical (unpaired) electrons. The summed E-state index contributed by atoms with van der Waals surface area (Å²) in [6, 6.07) is 4.71. The van der Waals surface area contributed by atoms with Crippen molar-refractivity contribution < 1.29 is 33.7 Å². The van der Waals surface area contributed by atoms with Crippen LogP contribution in [-0.4, -0.2) is 54.0 Å². The third kappa shape index (κ3) is 6.84. The average molecular weight is 466 g/mol. The Morgan fingerprint density at radius 2 is 1.91 bits per heavy atom. The number of carboxylic acid groups (broad SMARTS) is 1. The number of benzene rings is 1. The number of carboxylic acids is 1. The second-order valence-electron chi connectivity index (χ2n) is 7.63. The van der Waals surface area contributed by atoms with Crippen LogP contribution in [0.2, 0.25) is 0 Å². The quantitative estimate of drug-likeness (QED) is 0.574. The van der Waals surface area contributed by atoms with Gasteiger partial charge in [0.05, 0.1) is 19.8 Å². The number of rotatable bonds is 8. The van der Waals surface area contributed by atoms with Gasteiger partial charge in [0.15, 0.2) is 4.80 Å². The molecule has 2 aromatic rings. The van der Waals surface area contributed by atoms with Crippen LogP contribution in [0, 0.1) is 0 Å². The van der Waals surface area contributed by atoms with Crippen LogP contribution >= 0.6 is 11.3 Å². The fraction of sp³-hybridized carbons (Fsp3) is 0.429. The van der Waals surface area contributed by atoms with Crippen LogP contribution in [0.25, 0.3) is 0 Å². The largest absolute Gasteiger partial charge is 0.497 e. The van der Waals surface area contributed by atoms with Crippen LogP contribution in [0.5, 0.6) is 11.5 Å². The monoisotopic (exact) mass is 465 g/mol. The Labute approximate surface area is 189 Å². The first-order chi connectivity index (χ1) is 15.1. The summed E-state index contributed by atoms with van der Waals surface area (Å²) in [5.74, 6) is -0.905. The fourth-order valence-corrected chi connectivity index (χ4v) is 3.57. The number of aromatic nitrogens is 1. The Morgan fingerprint density at radius 1 is 1.19 bits per heavy atom. The first kappa shape index (κ1) is 24.9. The van der Waals surface area contributed by atoms with E-state index < -0.39 is 23.6 Å². The molecule has 174 valence electrons. The summed E-state index contributed by atoms with van der Waals surface area (Å²) in [5.41, 5.74) is -0.394. The standard InChI is InChI=1S/C21H27N3O7S/c1-21(2,3)31-20(28)22-9-6-10-24-15(18(26)27)12-32-19(24)23-17(25)14-8-7-13(29-4)11-16(14)30-5/h7-8,11-12H,6,9-10H2,1-5H3,(H,22,28)(H,26,27). The van der Waals surface area contributed by atoms with Gasteiger partial charge >= 0.3 is 12.1 Å². The molecule has 2 N–H and O–H groups in total. The van der Waals surface area contributed by atoms with Crippen LogP contribution in [0.1, 0.15) is 48.0 Å². The maximum absolute atomic E-state index is 12.8. The summed E-state index contributed by atoms with van der Waals surface area (Å²) < 4.78 is 17.0. The highest BCUT2D eigenvalue weighted by atomic mass is 32.1. The number of alkyl carbamates (subject to hydrolysis) is 1. The highest BCUT2D eigenvalue weighted by Gasteiger charge is 2.17. The molecular formula is C21H27N3O7S. The van der Waals surface area contributed by atoms with Crippen molar-refractivity contribution in [3.05, 3.63) is 39.6 Å². The van der Waals surface area contributed by atoms with E-state index in [9.17, 15) is 19.5 Å². The summed E-state index contributed by atoms with van der Waals surface area (Å²) in [6.45, 7) is 5.77. The molecule has 0 aliphatic rings. The Balaban J connectivity index is 2.21. The molecule has 1 heterocycles. The molecule has 0 bridgehead atoms. The van der Waals surface area contributed by atoms with E-state index in [1.165, 1.54) is 30.2 Å². The number of carbonyl (C=O) groups is 3. The van der Waals surface area contributed by atoms with Crippen molar-refractivity contribution >= 4 is 29.3 Å². The average Bonchev–Trinajstić information content (AvgIpc) is 3.11. The van der Waals surface area contributed by atoms with Gasteiger partial charge in [0.25, 0.3) is 5.91 Å². The second-order valence-corrected chi connectivity index (χ2v) is 8.46. The Morgan fingerprint density at radius 3 is 2.50 bits per heavy atom. The van der Waals surface area contributed by atoms with Gasteiger partial charge in [0, 0.05) is 24.5 Å². The molecule has 0 atom stereocenters. The maximum atomic E-state index is 12.8. The molecule has 11 heteroatoms. The van der Waals surface area contributed by atoms with Crippen molar-refractivity contribution in [2.45, 2.75) is 39.3 Å². The maximum Gasteiger partial charge on any atom is 0.407 e. The minimum atomic E-state index is -1.14. The molecule has 0 aliphatic heterocycles. The van der Waals surface area contributed by atoms with Crippen molar-refractivity contribution in [2.75, 3.05) is 20.8 Å². The van der Waals surface area contributed by atoms with E-state index in [2.05, 4.69) is 10.3 Å². The summed E-state index contributed by atoms with van der Waals surface area (Å²) in [4.78, 5) is 40.4. The Hall–Kier alpha value is -3.34. The molecule has 0 fully saturated rings. The molecule has 2 rings (SSSR count). The molecule has 10 nitrogen and oxygen atoms in total. The zero-order chi connectivity index (χ0) is 23.9. The van der Waals surface area contributed by atoms with E-state index in [4.69, 9.17) is 14.2 Å². The van der Waals surface area contributed by atoms with E-state index in [1.54, 1.807) is 32.9 Å². The zero-order valence-electron chi connectivity index (χ0n) is 18.6. The lowest BCUT2D eigenvalue weighted by molar-refractivity contribution is 0.0525. The molecule has 2 amide bonds. The smallest absolute Gasteiger partial charge is 0.407 e. The zero-order valence-corrected chi connectivity index (χ0v) is 19.4. The van der Waals surface area contributed by atoms with Gasteiger partial charge in [-0.15, -0.1) is 11.3 Å². The van der Waals surface area contributed by atoms with Crippen molar-refractivity contribution in [3.8, 4) is 11.5 Å². The molecular weight excluding hydrogens is 438 g/mol. The number of ether oxygens (including phenoxy) is 3.